The van der Waals surface area contributed by atoms with Gasteiger partial charge in [0.15, 0.2) is 5.96 Å². The van der Waals surface area contributed by atoms with Gasteiger partial charge in [0.2, 0.25) is 11.6 Å². The number of hydrogen-bond donors (Lipinski definition) is 5. The van der Waals surface area contributed by atoms with Crippen molar-refractivity contribution in [1.29, 1.82) is 0 Å². The minimum atomic E-state index is -1.55. The molecule has 4 rings (SSSR count). The number of aliphatic hydroxyl groups excluding tert-OH is 1. The Morgan fingerprint density at radius 1 is 1.22 bits per heavy atom. The number of anilines is 1. The zero-order valence-electron chi connectivity index (χ0n) is 12.5. The molecule has 0 bridgehead atoms. The minimum Gasteiger partial charge on any atom is -0.394 e. The van der Waals surface area contributed by atoms with Crippen molar-refractivity contribution >= 4 is 17.6 Å². The van der Waals surface area contributed by atoms with Crippen LogP contribution < -0.4 is 16.4 Å². The lowest BCUT2D eigenvalue weighted by molar-refractivity contribution is -0.186. The molecule has 0 fully saturated rings. The van der Waals surface area contributed by atoms with E-state index in [1.54, 1.807) is 36.1 Å². The molecule has 3 heterocycles. The molecule has 3 aliphatic rings. The number of nitrogens with zero attached hydrogens (tertiary/aromatic N) is 4. The van der Waals surface area contributed by atoms with E-state index in [4.69, 9.17) is 11.5 Å². The Bertz CT molecular complexity index is 748. The van der Waals surface area contributed by atoms with Crippen molar-refractivity contribution < 1.29 is 15.4 Å². The second kappa shape index (κ2) is 4.13. The zero-order valence-corrected chi connectivity index (χ0v) is 12.5. The fourth-order valence-corrected chi connectivity index (χ4v) is 4.08. The Kier molecular flexibility index (Phi) is 2.56. The van der Waals surface area contributed by atoms with Crippen LogP contribution in [0.2, 0.25) is 0 Å². The lowest BCUT2D eigenvalue weighted by Gasteiger charge is -2.51. The van der Waals surface area contributed by atoms with Crippen LogP contribution in [0, 0.1) is 0 Å². The summed E-state index contributed by atoms with van der Waals surface area (Å²) in [6, 6.07) is 5.61. The smallest absolute Gasteiger partial charge is 0.218 e. The Morgan fingerprint density at radius 2 is 1.91 bits per heavy atom. The van der Waals surface area contributed by atoms with E-state index in [-0.39, 0.29) is 18.5 Å². The molecular weight excluding hydrogens is 300 g/mol. The molecule has 4 atom stereocenters. The molecule has 0 radical (unpaired) electrons. The predicted octanol–water partition coefficient (Wildman–Crippen LogP) is -1.51. The first kappa shape index (κ1) is 14.2. The summed E-state index contributed by atoms with van der Waals surface area (Å²) >= 11 is 0. The van der Waals surface area contributed by atoms with E-state index < -0.39 is 23.3 Å². The van der Waals surface area contributed by atoms with E-state index in [2.05, 4.69) is 9.98 Å². The Hall–Kier alpha value is -2.36. The Labute approximate surface area is 132 Å². The van der Waals surface area contributed by atoms with E-state index in [9.17, 15) is 15.4 Å². The minimum absolute atomic E-state index is 0.0782. The van der Waals surface area contributed by atoms with Gasteiger partial charge >= 0.3 is 0 Å². The molecule has 7 N–H and O–H groups in total. The van der Waals surface area contributed by atoms with Gasteiger partial charge in [0.25, 0.3) is 0 Å². The molecule has 0 amide bonds. The van der Waals surface area contributed by atoms with Crippen molar-refractivity contribution in [3.63, 3.8) is 0 Å². The van der Waals surface area contributed by atoms with Crippen LogP contribution in [0.4, 0.5) is 5.69 Å². The topological polar surface area (TPSA) is 144 Å². The molecule has 9 heteroatoms. The van der Waals surface area contributed by atoms with Gasteiger partial charge in [-0.05, 0) is 13.0 Å². The van der Waals surface area contributed by atoms with Gasteiger partial charge in [-0.2, -0.15) is 5.06 Å². The SMILES string of the molecule is CC1(O)c2ccccc2N2C(N)=NC(CO)C3N=C(N)N(O)C321. The van der Waals surface area contributed by atoms with Gasteiger partial charge in [-0.1, -0.05) is 18.2 Å². The van der Waals surface area contributed by atoms with Crippen LogP contribution in [0.1, 0.15) is 12.5 Å². The highest BCUT2D eigenvalue weighted by Gasteiger charge is 2.73. The third kappa shape index (κ3) is 1.34. The van der Waals surface area contributed by atoms with Crippen LogP contribution >= 0.6 is 0 Å². The van der Waals surface area contributed by atoms with Gasteiger partial charge in [0, 0.05) is 5.56 Å². The summed E-state index contributed by atoms with van der Waals surface area (Å²) in [7, 11) is 0. The standard InChI is InChI=1S/C14H18N6O3/c1-13(22)7-4-2-3-5-9(7)19-11(15)17-8(6-21)10-14(13,19)20(23)12(16)18-10/h2-5,8,10,21-23H,6H2,1H3,(H2,15,17)(H2,16,18). The van der Waals surface area contributed by atoms with Gasteiger partial charge in [0.05, 0.1) is 12.3 Å². The fraction of sp³-hybridized carbons (Fsp3) is 0.429. The van der Waals surface area contributed by atoms with E-state index in [1.165, 1.54) is 0 Å². The van der Waals surface area contributed by atoms with Gasteiger partial charge < -0.3 is 21.7 Å². The summed E-state index contributed by atoms with van der Waals surface area (Å²) in [4.78, 5) is 10.1. The number of aliphatic hydroxyl groups is 2. The second-order valence-corrected chi connectivity index (χ2v) is 6.13. The maximum absolute atomic E-state index is 11.4. The highest BCUT2D eigenvalue weighted by atomic mass is 16.5. The molecule has 9 nitrogen and oxygen atoms in total. The number of fused-ring (bicyclic) bond motifs is 2. The lowest BCUT2D eigenvalue weighted by Crippen LogP contribution is -2.76. The number of hydrogen-bond acceptors (Lipinski definition) is 9. The number of guanidine groups is 2. The quantitative estimate of drug-likeness (QED) is 0.423. The third-order valence-electron chi connectivity index (χ3n) is 5.03. The predicted molar refractivity (Wildman–Crippen MR) is 82.8 cm³/mol. The summed E-state index contributed by atoms with van der Waals surface area (Å²) in [5.41, 5.74) is 10.1. The molecule has 0 saturated heterocycles. The third-order valence-corrected chi connectivity index (χ3v) is 5.03. The van der Waals surface area contributed by atoms with Gasteiger partial charge in [-0.25, -0.2) is 9.98 Å². The Balaban J connectivity index is 2.06. The normalized spacial score (nSPS) is 37.9. The highest BCUT2D eigenvalue weighted by molar-refractivity contribution is 6.02. The molecule has 0 saturated carbocycles. The van der Waals surface area contributed by atoms with E-state index in [0.29, 0.717) is 11.3 Å². The summed E-state index contributed by atoms with van der Waals surface area (Å²) in [5, 5.41) is 32.4. The maximum Gasteiger partial charge on any atom is 0.218 e. The number of para-hydroxylation sites is 1. The van der Waals surface area contributed by atoms with E-state index in [0.717, 1.165) is 5.06 Å². The van der Waals surface area contributed by atoms with Crippen molar-refractivity contribution in [3.05, 3.63) is 29.8 Å². The van der Waals surface area contributed by atoms with E-state index in [1.807, 2.05) is 0 Å². The molecule has 0 aliphatic carbocycles. The molecule has 122 valence electrons. The van der Waals surface area contributed by atoms with Crippen molar-refractivity contribution in [2.24, 2.45) is 21.5 Å². The van der Waals surface area contributed by atoms with Gasteiger partial charge in [0.1, 0.15) is 17.7 Å². The van der Waals surface area contributed by atoms with Crippen molar-refractivity contribution in [2.45, 2.75) is 30.3 Å². The summed E-state index contributed by atoms with van der Waals surface area (Å²) < 4.78 is 0. The highest BCUT2D eigenvalue weighted by Crippen LogP contribution is 2.57. The van der Waals surface area contributed by atoms with Crippen LogP contribution in [0.5, 0.6) is 0 Å². The first-order chi connectivity index (χ1) is 10.9. The fourth-order valence-electron chi connectivity index (χ4n) is 4.08. The number of aliphatic imine (C=N–C) groups is 2. The van der Waals surface area contributed by atoms with Crippen molar-refractivity contribution in [2.75, 3.05) is 11.5 Å². The maximum atomic E-state index is 11.4. The molecular formula is C14H18N6O3. The molecule has 4 unspecified atom stereocenters. The molecule has 1 spiro atoms. The summed E-state index contributed by atoms with van der Waals surface area (Å²) in [6.45, 7) is 1.24. The number of benzene rings is 1. The van der Waals surface area contributed by atoms with Crippen LogP contribution in [0.25, 0.3) is 0 Å². The average molecular weight is 318 g/mol. The van der Waals surface area contributed by atoms with Crippen molar-refractivity contribution in [1.82, 2.24) is 5.06 Å². The van der Waals surface area contributed by atoms with Crippen molar-refractivity contribution in [3.8, 4) is 0 Å². The largest absolute Gasteiger partial charge is 0.394 e. The molecule has 1 aromatic carbocycles. The first-order valence-electron chi connectivity index (χ1n) is 7.26. The molecule has 3 aliphatic heterocycles. The molecule has 1 aromatic rings. The first-order valence-corrected chi connectivity index (χ1v) is 7.26. The van der Waals surface area contributed by atoms with Gasteiger partial charge in [-0.15, -0.1) is 0 Å². The van der Waals surface area contributed by atoms with Crippen LogP contribution in [0.15, 0.2) is 34.3 Å². The average Bonchev–Trinajstić information content (AvgIpc) is 2.92. The summed E-state index contributed by atoms with van der Waals surface area (Å²) in [6.07, 6.45) is 0. The molecule has 23 heavy (non-hydrogen) atoms. The van der Waals surface area contributed by atoms with E-state index >= 15 is 0 Å². The zero-order chi connectivity index (χ0) is 16.6. The molecule has 0 aromatic heterocycles. The van der Waals surface area contributed by atoms with Crippen LogP contribution in [0.3, 0.4) is 0 Å². The van der Waals surface area contributed by atoms with Crippen LogP contribution in [-0.4, -0.2) is 56.8 Å². The Morgan fingerprint density at radius 3 is 2.61 bits per heavy atom. The number of hydroxylamine groups is 2. The number of nitrogens with two attached hydrogens (primary N) is 2. The lowest BCUT2D eigenvalue weighted by atomic mass is 9.78. The second-order valence-electron chi connectivity index (χ2n) is 6.13. The number of rotatable bonds is 1. The summed E-state index contributed by atoms with van der Waals surface area (Å²) in [5.74, 6) is -0.0779. The van der Waals surface area contributed by atoms with Crippen LogP contribution in [-0.2, 0) is 5.60 Å². The monoisotopic (exact) mass is 318 g/mol. The van der Waals surface area contributed by atoms with Gasteiger partial charge in [-0.3, -0.25) is 10.1 Å².